The molecule has 6 heteroatoms. The van der Waals surface area contributed by atoms with Crippen LogP contribution in [0.4, 0.5) is 0 Å². The van der Waals surface area contributed by atoms with E-state index < -0.39 is 0 Å². The number of hydrogen-bond donors (Lipinski definition) is 2. The first kappa shape index (κ1) is 13.3. The maximum atomic E-state index is 8.70. The molecule has 0 heterocycles. The Morgan fingerprint density at radius 2 is 1.25 bits per heavy atom. The van der Waals surface area contributed by atoms with Gasteiger partial charge < -0.3 is 10.2 Å². The number of hydrogen-bond acceptors (Lipinski definition) is 6. The molecule has 0 fully saturated rings. The van der Waals surface area contributed by atoms with Crippen LogP contribution in [0.2, 0.25) is 0 Å². The lowest BCUT2D eigenvalue weighted by atomic mass is 10.5. The molecule has 12 heavy (non-hydrogen) atoms. The van der Waals surface area contributed by atoms with E-state index in [4.69, 9.17) is 10.2 Å². The third-order valence-corrected chi connectivity index (χ3v) is 8.14. The fourth-order valence-corrected chi connectivity index (χ4v) is 6.77. The summed E-state index contributed by atoms with van der Waals surface area (Å²) in [7, 11) is 6.62. The van der Waals surface area contributed by atoms with Crippen LogP contribution in [0, 0.1) is 0 Å². The standard InChI is InChI=1S/C6H14O2S4/c1-5(3-7)9-11-12-10-6(2)4-8/h5-8H,3-4H2,1-2H3. The smallest absolute Gasteiger partial charge is 0.0556 e. The van der Waals surface area contributed by atoms with Gasteiger partial charge in [-0.15, -0.1) is 0 Å². The number of aliphatic hydroxyl groups excluding tert-OH is 2. The molecule has 0 rings (SSSR count). The summed E-state index contributed by atoms with van der Waals surface area (Å²) in [6.45, 7) is 4.41. The Morgan fingerprint density at radius 3 is 1.50 bits per heavy atom. The molecule has 0 amide bonds. The van der Waals surface area contributed by atoms with Crippen molar-refractivity contribution < 1.29 is 10.2 Å². The van der Waals surface area contributed by atoms with Gasteiger partial charge in [-0.2, -0.15) is 0 Å². The van der Waals surface area contributed by atoms with Crippen molar-refractivity contribution in [1.29, 1.82) is 0 Å². The van der Waals surface area contributed by atoms with E-state index in [1.165, 1.54) is 0 Å². The lowest BCUT2D eigenvalue weighted by Gasteiger charge is -2.07. The molecule has 0 aromatic rings. The van der Waals surface area contributed by atoms with Gasteiger partial charge in [0.2, 0.25) is 0 Å². The average molecular weight is 246 g/mol. The zero-order chi connectivity index (χ0) is 9.40. The lowest BCUT2D eigenvalue weighted by Crippen LogP contribution is -1.99. The largest absolute Gasteiger partial charge is 0.395 e. The Morgan fingerprint density at radius 1 is 0.917 bits per heavy atom. The summed E-state index contributed by atoms with van der Waals surface area (Å²) >= 11 is 0. The van der Waals surface area contributed by atoms with Crippen molar-refractivity contribution in [3.8, 4) is 0 Å². The van der Waals surface area contributed by atoms with Gasteiger partial charge in [-0.05, 0) is 19.7 Å². The fourth-order valence-electron chi connectivity index (χ4n) is 0.227. The van der Waals surface area contributed by atoms with Crippen molar-refractivity contribution in [3.05, 3.63) is 0 Å². The number of aliphatic hydroxyl groups is 2. The summed E-state index contributed by atoms with van der Waals surface area (Å²) in [6.07, 6.45) is 0. The molecule has 74 valence electrons. The third kappa shape index (κ3) is 7.94. The second-order valence-corrected chi connectivity index (χ2v) is 9.00. The monoisotopic (exact) mass is 246 g/mol. The SMILES string of the molecule is CC(CO)SSSSC(C)CO. The Labute approximate surface area is 88.8 Å². The van der Waals surface area contributed by atoms with Gasteiger partial charge in [0.1, 0.15) is 0 Å². The van der Waals surface area contributed by atoms with Gasteiger partial charge in [0, 0.05) is 10.5 Å². The van der Waals surface area contributed by atoms with E-state index in [2.05, 4.69) is 0 Å². The zero-order valence-corrected chi connectivity index (χ0v) is 10.4. The zero-order valence-electron chi connectivity index (χ0n) is 7.10. The average Bonchev–Trinajstić information content (AvgIpc) is 2.11. The van der Waals surface area contributed by atoms with E-state index in [0.29, 0.717) is 0 Å². The highest BCUT2D eigenvalue weighted by molar-refractivity contribution is 9.26. The van der Waals surface area contributed by atoms with Crippen molar-refractivity contribution in [2.75, 3.05) is 13.2 Å². The molecule has 0 aliphatic rings. The van der Waals surface area contributed by atoms with Crippen molar-refractivity contribution in [2.24, 2.45) is 0 Å². The topological polar surface area (TPSA) is 40.5 Å². The second-order valence-electron chi connectivity index (χ2n) is 2.31. The minimum Gasteiger partial charge on any atom is -0.395 e. The highest BCUT2D eigenvalue weighted by atomic mass is 33.7. The van der Waals surface area contributed by atoms with E-state index in [1.807, 2.05) is 13.8 Å². The molecule has 2 unspecified atom stereocenters. The minimum absolute atomic E-state index is 0.221. The fraction of sp³-hybridized carbons (Fsp3) is 1.00. The Kier molecular flexibility index (Phi) is 9.88. The highest BCUT2D eigenvalue weighted by Crippen LogP contribution is 2.46. The van der Waals surface area contributed by atoms with E-state index >= 15 is 0 Å². The second kappa shape index (κ2) is 8.90. The molecular formula is C6H14O2S4. The van der Waals surface area contributed by atoms with Crippen LogP contribution in [0.5, 0.6) is 0 Å². The molecule has 0 spiro atoms. The van der Waals surface area contributed by atoms with E-state index in [0.717, 1.165) is 0 Å². The van der Waals surface area contributed by atoms with Crippen LogP contribution in [-0.4, -0.2) is 33.9 Å². The van der Waals surface area contributed by atoms with Gasteiger partial charge in [0.25, 0.3) is 0 Å². The van der Waals surface area contributed by atoms with Crippen LogP contribution in [0.3, 0.4) is 0 Å². The molecule has 0 radical (unpaired) electrons. The molecule has 2 nitrogen and oxygen atoms in total. The van der Waals surface area contributed by atoms with Gasteiger partial charge in [0.05, 0.1) is 13.2 Å². The van der Waals surface area contributed by atoms with Crippen molar-refractivity contribution in [3.63, 3.8) is 0 Å². The summed E-state index contributed by atoms with van der Waals surface area (Å²) in [6, 6.07) is 0. The summed E-state index contributed by atoms with van der Waals surface area (Å²) in [4.78, 5) is 0. The van der Waals surface area contributed by atoms with Crippen LogP contribution in [-0.2, 0) is 0 Å². The molecule has 0 saturated carbocycles. The van der Waals surface area contributed by atoms with E-state index in [1.54, 1.807) is 41.2 Å². The van der Waals surface area contributed by atoms with E-state index in [9.17, 15) is 0 Å². The van der Waals surface area contributed by atoms with Gasteiger partial charge >= 0.3 is 0 Å². The third-order valence-electron chi connectivity index (χ3n) is 0.949. The molecular weight excluding hydrogens is 232 g/mol. The van der Waals surface area contributed by atoms with Crippen LogP contribution in [0.25, 0.3) is 0 Å². The molecule has 2 N–H and O–H groups in total. The first-order chi connectivity index (χ1) is 5.70. The first-order valence-corrected chi connectivity index (χ1v) is 8.52. The van der Waals surface area contributed by atoms with Gasteiger partial charge in [-0.25, -0.2) is 0 Å². The predicted octanol–water partition coefficient (Wildman–Crippen LogP) is 2.43. The number of rotatable bonds is 7. The van der Waals surface area contributed by atoms with Crippen LogP contribution in [0.1, 0.15) is 13.8 Å². The van der Waals surface area contributed by atoms with Gasteiger partial charge in [0.15, 0.2) is 0 Å². The maximum absolute atomic E-state index is 8.70. The molecule has 0 bridgehead atoms. The van der Waals surface area contributed by atoms with Crippen molar-refractivity contribution >= 4 is 41.2 Å². The quantitative estimate of drug-likeness (QED) is 0.531. The minimum atomic E-state index is 0.221. The van der Waals surface area contributed by atoms with Crippen LogP contribution >= 0.6 is 41.2 Å². The Hall–Kier alpha value is 1.32. The summed E-state index contributed by atoms with van der Waals surface area (Å²) in [5.74, 6) is 0. The van der Waals surface area contributed by atoms with Crippen LogP contribution < -0.4 is 0 Å². The molecule has 0 aromatic carbocycles. The van der Waals surface area contributed by atoms with Crippen LogP contribution in [0.15, 0.2) is 0 Å². The molecule has 0 aromatic heterocycles. The summed E-state index contributed by atoms with van der Waals surface area (Å²) in [5, 5.41) is 18.0. The highest BCUT2D eigenvalue weighted by Gasteiger charge is 2.04. The lowest BCUT2D eigenvalue weighted by molar-refractivity contribution is 0.300. The van der Waals surface area contributed by atoms with Crippen molar-refractivity contribution in [2.45, 2.75) is 24.3 Å². The van der Waals surface area contributed by atoms with Gasteiger partial charge in [-0.1, -0.05) is 35.4 Å². The predicted molar refractivity (Wildman–Crippen MR) is 63.5 cm³/mol. The Balaban J connectivity index is 3.10. The van der Waals surface area contributed by atoms with Gasteiger partial charge in [-0.3, -0.25) is 0 Å². The van der Waals surface area contributed by atoms with E-state index in [-0.39, 0.29) is 23.7 Å². The van der Waals surface area contributed by atoms with Crippen molar-refractivity contribution in [1.82, 2.24) is 0 Å². The maximum Gasteiger partial charge on any atom is 0.0556 e. The summed E-state index contributed by atoms with van der Waals surface area (Å²) in [5.41, 5.74) is 0. The summed E-state index contributed by atoms with van der Waals surface area (Å²) < 4.78 is 0. The molecule has 0 saturated heterocycles. The molecule has 2 atom stereocenters. The Bertz CT molecular complexity index is 91.5. The normalized spacial score (nSPS) is 16.0. The first-order valence-electron chi connectivity index (χ1n) is 3.58. The molecule has 0 aliphatic carbocycles. The molecule has 0 aliphatic heterocycles.